The number of carbonyl (C=O) groups excluding carboxylic acids is 1. The fraction of sp³-hybridized carbons (Fsp3) is 0.500. The van der Waals surface area contributed by atoms with Crippen molar-refractivity contribution in [1.82, 2.24) is 5.48 Å². The Labute approximate surface area is 86.2 Å². The van der Waals surface area contributed by atoms with Gasteiger partial charge in [0.2, 0.25) is 0 Å². The van der Waals surface area contributed by atoms with Crippen LogP contribution in [0.15, 0.2) is 11.0 Å². The predicted octanol–water partition coefficient (Wildman–Crippen LogP) is 0.109. The van der Waals surface area contributed by atoms with Crippen LogP contribution in [-0.4, -0.2) is 18.4 Å². The van der Waals surface area contributed by atoms with Gasteiger partial charge in [-0.15, -0.1) is 0 Å². The summed E-state index contributed by atoms with van der Waals surface area (Å²) in [6.45, 7) is 1.67. The Bertz CT molecular complexity index is 323. The lowest BCUT2D eigenvalue weighted by atomic mass is 9.89. The minimum Gasteiger partial charge on any atom is -0.318 e. The summed E-state index contributed by atoms with van der Waals surface area (Å²) in [6.07, 6.45) is 1.57. The maximum absolute atomic E-state index is 11.6. The lowest BCUT2D eigenvalue weighted by Gasteiger charge is -2.24. The van der Waals surface area contributed by atoms with E-state index in [1.54, 1.807) is 13.0 Å². The van der Waals surface area contributed by atoms with E-state index in [0.717, 1.165) is 0 Å². The van der Waals surface area contributed by atoms with Crippen LogP contribution in [-0.2, 0) is 9.63 Å². The molecule has 1 aliphatic heterocycles. The predicted molar refractivity (Wildman–Crippen MR) is 52.5 cm³/mol. The first-order valence-corrected chi connectivity index (χ1v) is 4.81. The molecule has 1 aliphatic rings. The molecular formula is C8H11N3O2S. The summed E-state index contributed by atoms with van der Waals surface area (Å²) in [4.78, 5) is 16.5. The highest BCUT2D eigenvalue weighted by molar-refractivity contribution is 8.04. The monoisotopic (exact) mass is 213 g/mol. The first-order chi connectivity index (χ1) is 6.54. The summed E-state index contributed by atoms with van der Waals surface area (Å²) in [5.41, 5.74) is 7.09. The minimum absolute atomic E-state index is 0.342. The minimum atomic E-state index is -0.883. The maximum atomic E-state index is 11.6. The average molecular weight is 213 g/mol. The highest BCUT2D eigenvalue weighted by Gasteiger charge is 2.43. The standard InChI is InChI=1S/C8H11N3O2S/c1-8(7(12)11-13-2)3-5(4-9)14-6(8)10/h3,6H,10H2,1-2H3,(H,11,12). The molecule has 5 nitrogen and oxygen atoms in total. The van der Waals surface area contributed by atoms with Crippen LogP contribution in [0.5, 0.6) is 0 Å². The van der Waals surface area contributed by atoms with Crippen LogP contribution in [0.3, 0.4) is 0 Å². The summed E-state index contributed by atoms with van der Waals surface area (Å²) in [6, 6.07) is 1.97. The van der Waals surface area contributed by atoms with Crippen molar-refractivity contribution < 1.29 is 9.63 Å². The molecule has 76 valence electrons. The van der Waals surface area contributed by atoms with Crippen LogP contribution < -0.4 is 11.2 Å². The molecule has 0 aliphatic carbocycles. The number of amides is 1. The third-order valence-corrected chi connectivity index (χ3v) is 3.28. The number of thioether (sulfide) groups is 1. The molecule has 0 aromatic carbocycles. The molecule has 1 amide bonds. The Morgan fingerprint density at radius 2 is 2.57 bits per heavy atom. The molecule has 6 heteroatoms. The fourth-order valence-electron chi connectivity index (χ4n) is 1.10. The van der Waals surface area contributed by atoms with Gasteiger partial charge in [-0.05, 0) is 13.0 Å². The smallest absolute Gasteiger partial charge is 0.255 e. The zero-order chi connectivity index (χ0) is 10.8. The molecule has 0 saturated heterocycles. The van der Waals surface area contributed by atoms with E-state index in [2.05, 4.69) is 10.3 Å². The van der Waals surface area contributed by atoms with E-state index in [1.165, 1.54) is 18.9 Å². The molecule has 0 aromatic rings. The molecule has 1 rings (SSSR count). The van der Waals surface area contributed by atoms with E-state index >= 15 is 0 Å². The Hall–Kier alpha value is -1.03. The van der Waals surface area contributed by atoms with Gasteiger partial charge in [0.1, 0.15) is 6.07 Å². The normalized spacial score (nSPS) is 30.7. The Morgan fingerprint density at radius 3 is 3.00 bits per heavy atom. The Morgan fingerprint density at radius 1 is 1.93 bits per heavy atom. The van der Waals surface area contributed by atoms with Gasteiger partial charge in [0.05, 0.1) is 22.8 Å². The summed E-state index contributed by atoms with van der Waals surface area (Å²) >= 11 is 1.19. The fourth-order valence-corrected chi connectivity index (χ4v) is 2.16. The number of nitrogens with one attached hydrogen (secondary N) is 1. The van der Waals surface area contributed by atoms with Crippen molar-refractivity contribution in [3.05, 3.63) is 11.0 Å². The summed E-state index contributed by atoms with van der Waals surface area (Å²) in [7, 11) is 1.35. The second-order valence-corrected chi connectivity index (χ2v) is 4.26. The molecule has 2 unspecified atom stereocenters. The van der Waals surface area contributed by atoms with Crippen LogP contribution in [0.4, 0.5) is 0 Å². The number of nitrogens with two attached hydrogens (primary N) is 1. The second-order valence-electron chi connectivity index (χ2n) is 3.08. The molecule has 14 heavy (non-hydrogen) atoms. The van der Waals surface area contributed by atoms with Crippen molar-refractivity contribution >= 4 is 17.7 Å². The van der Waals surface area contributed by atoms with Crippen molar-refractivity contribution in [3.8, 4) is 6.07 Å². The quantitative estimate of drug-likeness (QED) is 0.635. The zero-order valence-corrected chi connectivity index (χ0v) is 8.72. The number of nitrogens with zero attached hydrogens (tertiary/aromatic N) is 1. The van der Waals surface area contributed by atoms with E-state index in [9.17, 15) is 4.79 Å². The van der Waals surface area contributed by atoms with Gasteiger partial charge >= 0.3 is 0 Å². The largest absolute Gasteiger partial charge is 0.318 e. The van der Waals surface area contributed by atoms with Crippen molar-refractivity contribution in [2.45, 2.75) is 12.3 Å². The van der Waals surface area contributed by atoms with E-state index in [4.69, 9.17) is 11.0 Å². The molecule has 0 saturated carbocycles. The van der Waals surface area contributed by atoms with Gasteiger partial charge in [-0.2, -0.15) is 5.26 Å². The maximum Gasteiger partial charge on any atom is 0.255 e. The number of hydroxylamine groups is 1. The molecule has 0 spiro atoms. The molecule has 0 bridgehead atoms. The molecule has 1 heterocycles. The van der Waals surface area contributed by atoms with E-state index < -0.39 is 10.8 Å². The lowest BCUT2D eigenvalue weighted by Crippen LogP contribution is -2.45. The van der Waals surface area contributed by atoms with Gasteiger partial charge in [-0.1, -0.05) is 11.8 Å². The highest BCUT2D eigenvalue weighted by Crippen LogP contribution is 2.42. The van der Waals surface area contributed by atoms with Crippen LogP contribution in [0.2, 0.25) is 0 Å². The number of nitriles is 1. The van der Waals surface area contributed by atoms with Gasteiger partial charge in [-0.3, -0.25) is 9.63 Å². The number of hydrogen-bond donors (Lipinski definition) is 2. The molecule has 0 radical (unpaired) electrons. The van der Waals surface area contributed by atoms with Crippen LogP contribution in [0.1, 0.15) is 6.92 Å². The molecule has 3 N–H and O–H groups in total. The molecule has 0 fully saturated rings. The van der Waals surface area contributed by atoms with E-state index in [0.29, 0.717) is 4.91 Å². The SMILES string of the molecule is CONC(=O)C1(C)C=C(C#N)SC1N. The third-order valence-electron chi connectivity index (χ3n) is 2.07. The summed E-state index contributed by atoms with van der Waals surface area (Å²) in [5, 5.41) is 8.22. The van der Waals surface area contributed by atoms with Gasteiger partial charge in [0.25, 0.3) is 5.91 Å². The summed E-state index contributed by atoms with van der Waals surface area (Å²) < 4.78 is 0. The molecular weight excluding hydrogens is 202 g/mol. The van der Waals surface area contributed by atoms with Crippen LogP contribution >= 0.6 is 11.8 Å². The van der Waals surface area contributed by atoms with Crippen LogP contribution in [0.25, 0.3) is 0 Å². The van der Waals surface area contributed by atoms with Crippen molar-refractivity contribution in [2.24, 2.45) is 11.1 Å². The van der Waals surface area contributed by atoms with Gasteiger partial charge < -0.3 is 5.73 Å². The Kier molecular flexibility index (Phi) is 3.16. The Balaban J connectivity index is 2.89. The number of allylic oxidation sites excluding steroid dienone is 1. The number of carbonyl (C=O) groups is 1. The van der Waals surface area contributed by atoms with Gasteiger partial charge in [-0.25, -0.2) is 5.48 Å². The van der Waals surface area contributed by atoms with Crippen molar-refractivity contribution in [2.75, 3.05) is 7.11 Å². The average Bonchev–Trinajstić information content (AvgIpc) is 2.44. The highest BCUT2D eigenvalue weighted by atomic mass is 32.2. The van der Waals surface area contributed by atoms with Gasteiger partial charge in [0, 0.05) is 0 Å². The summed E-state index contributed by atoms with van der Waals surface area (Å²) in [5.74, 6) is -0.342. The number of hydrogen-bond acceptors (Lipinski definition) is 5. The van der Waals surface area contributed by atoms with E-state index in [1.807, 2.05) is 6.07 Å². The molecule has 2 atom stereocenters. The van der Waals surface area contributed by atoms with E-state index in [-0.39, 0.29) is 5.91 Å². The zero-order valence-electron chi connectivity index (χ0n) is 7.90. The topological polar surface area (TPSA) is 88.1 Å². The second kappa shape index (κ2) is 4.00. The number of rotatable bonds is 2. The lowest BCUT2D eigenvalue weighted by molar-refractivity contribution is -0.138. The third kappa shape index (κ3) is 1.75. The van der Waals surface area contributed by atoms with Crippen molar-refractivity contribution in [1.29, 1.82) is 5.26 Å². The van der Waals surface area contributed by atoms with Gasteiger partial charge in [0.15, 0.2) is 0 Å². The molecule has 0 aromatic heterocycles. The first kappa shape index (κ1) is 11.0. The first-order valence-electron chi connectivity index (χ1n) is 3.93. The van der Waals surface area contributed by atoms with Crippen molar-refractivity contribution in [3.63, 3.8) is 0 Å². The van der Waals surface area contributed by atoms with Crippen LogP contribution in [0, 0.1) is 16.7 Å².